The Hall–Kier alpha value is -2.56. The number of aromatic amines is 1. The summed E-state index contributed by atoms with van der Waals surface area (Å²) in [6.45, 7) is 6.15. The number of pyridine rings is 1. The van der Waals surface area contributed by atoms with E-state index >= 15 is 0 Å². The molecule has 2 heterocycles. The normalized spacial score (nSPS) is 11.4. The minimum absolute atomic E-state index is 0.0198. The first kappa shape index (κ1) is 15.3. The highest BCUT2D eigenvalue weighted by Crippen LogP contribution is 2.26. The first-order valence-corrected chi connectivity index (χ1v) is 7.66. The van der Waals surface area contributed by atoms with Crippen molar-refractivity contribution in [2.24, 2.45) is 7.05 Å². The second kappa shape index (κ2) is 5.57. The highest BCUT2D eigenvalue weighted by atomic mass is 16.5. The lowest BCUT2D eigenvalue weighted by molar-refractivity contribution is 0.412. The Balaban J connectivity index is 2.27. The zero-order chi connectivity index (χ0) is 16.7. The zero-order valence-electron chi connectivity index (χ0n) is 14.1. The number of nitrogens with zero attached hydrogens (tertiary/aromatic N) is 2. The molecule has 0 fully saturated rings. The number of H-pyrrole nitrogens is 1. The largest absolute Gasteiger partial charge is 0.496 e. The number of aryl methyl sites for hydroxylation is 2. The average Bonchev–Trinajstić information content (AvgIpc) is 2.90. The third-order valence-corrected chi connectivity index (χ3v) is 4.16. The molecule has 0 bridgehead atoms. The fraction of sp³-hybridized carbons (Fsp3) is 0.333. The van der Waals surface area contributed by atoms with Gasteiger partial charge in [0, 0.05) is 30.3 Å². The van der Waals surface area contributed by atoms with Crippen LogP contribution in [0.15, 0.2) is 29.2 Å². The molecule has 0 spiro atoms. The van der Waals surface area contributed by atoms with Gasteiger partial charge in [0.15, 0.2) is 11.3 Å². The lowest BCUT2D eigenvalue weighted by atomic mass is 10.1. The Bertz CT molecular complexity index is 935. The molecule has 0 unspecified atom stereocenters. The van der Waals surface area contributed by atoms with Crippen LogP contribution in [0.2, 0.25) is 0 Å². The summed E-state index contributed by atoms with van der Waals surface area (Å²) < 4.78 is 7.30. The number of imidazole rings is 1. The quantitative estimate of drug-likeness (QED) is 0.807. The lowest BCUT2D eigenvalue weighted by Crippen LogP contribution is -2.06. The molecule has 5 nitrogen and oxygen atoms in total. The Kier molecular flexibility index (Phi) is 3.72. The van der Waals surface area contributed by atoms with E-state index in [0.717, 1.165) is 28.3 Å². The van der Waals surface area contributed by atoms with E-state index in [-0.39, 0.29) is 5.43 Å². The fourth-order valence-electron chi connectivity index (χ4n) is 2.80. The predicted octanol–water partition coefficient (Wildman–Crippen LogP) is 3.37. The van der Waals surface area contributed by atoms with Crippen LogP contribution in [-0.4, -0.2) is 21.6 Å². The lowest BCUT2D eigenvalue weighted by Gasteiger charge is -2.10. The molecule has 0 aliphatic carbocycles. The maximum atomic E-state index is 12.5. The van der Waals surface area contributed by atoms with E-state index in [1.165, 1.54) is 0 Å². The van der Waals surface area contributed by atoms with Crippen LogP contribution >= 0.6 is 0 Å². The van der Waals surface area contributed by atoms with Crippen molar-refractivity contribution in [2.75, 3.05) is 7.11 Å². The molecule has 1 aromatic carbocycles. The molecule has 3 aromatic rings. The maximum Gasteiger partial charge on any atom is 0.190 e. The molecule has 5 heteroatoms. The maximum absolute atomic E-state index is 12.5. The standard InChI is InChI=1S/C18H21N3O2/c1-10(2)14-9-21(4)18(20-14)13-8-15(22)12-6-7-16(23-5)11(3)17(12)19-13/h6-10H,1-5H3,(H,19,22). The Morgan fingerprint density at radius 2 is 2.04 bits per heavy atom. The van der Waals surface area contributed by atoms with Crippen LogP contribution in [0.4, 0.5) is 0 Å². The number of methoxy groups -OCH3 is 1. The SMILES string of the molecule is COc1ccc2c(=O)cc(-c3nc(C(C)C)cn3C)[nH]c2c1C. The van der Waals surface area contributed by atoms with Crippen molar-refractivity contribution >= 4 is 10.9 Å². The summed E-state index contributed by atoms with van der Waals surface area (Å²) in [6, 6.07) is 5.23. The van der Waals surface area contributed by atoms with Gasteiger partial charge in [-0.15, -0.1) is 0 Å². The molecule has 0 saturated heterocycles. The Morgan fingerprint density at radius 3 is 2.65 bits per heavy atom. The van der Waals surface area contributed by atoms with Crippen molar-refractivity contribution in [1.29, 1.82) is 0 Å². The summed E-state index contributed by atoms with van der Waals surface area (Å²) in [5, 5.41) is 0.658. The van der Waals surface area contributed by atoms with E-state index in [1.54, 1.807) is 19.2 Å². The smallest absolute Gasteiger partial charge is 0.190 e. The molecule has 0 radical (unpaired) electrons. The van der Waals surface area contributed by atoms with Crippen molar-refractivity contribution in [1.82, 2.24) is 14.5 Å². The highest BCUT2D eigenvalue weighted by molar-refractivity contribution is 5.85. The van der Waals surface area contributed by atoms with E-state index in [2.05, 4.69) is 23.8 Å². The molecule has 2 aromatic heterocycles. The third kappa shape index (κ3) is 2.52. The van der Waals surface area contributed by atoms with Crippen molar-refractivity contribution in [2.45, 2.75) is 26.7 Å². The molecule has 1 N–H and O–H groups in total. The van der Waals surface area contributed by atoms with Gasteiger partial charge in [0.2, 0.25) is 0 Å². The van der Waals surface area contributed by atoms with Crippen LogP contribution in [0, 0.1) is 6.92 Å². The third-order valence-electron chi connectivity index (χ3n) is 4.16. The van der Waals surface area contributed by atoms with E-state index in [4.69, 9.17) is 4.74 Å². The van der Waals surface area contributed by atoms with Gasteiger partial charge in [-0.1, -0.05) is 13.8 Å². The number of aromatic nitrogens is 3. The summed E-state index contributed by atoms with van der Waals surface area (Å²) in [7, 11) is 3.57. The van der Waals surface area contributed by atoms with Crippen molar-refractivity contribution in [3.63, 3.8) is 0 Å². The van der Waals surface area contributed by atoms with Gasteiger partial charge in [0.25, 0.3) is 0 Å². The number of rotatable bonds is 3. The van der Waals surface area contributed by atoms with Crippen LogP contribution in [0.25, 0.3) is 22.4 Å². The molecule has 23 heavy (non-hydrogen) atoms. The molecule has 0 aliphatic rings. The average molecular weight is 311 g/mol. The topological polar surface area (TPSA) is 59.9 Å². The second-order valence-electron chi connectivity index (χ2n) is 6.12. The van der Waals surface area contributed by atoms with Crippen LogP contribution < -0.4 is 10.2 Å². The fourth-order valence-corrected chi connectivity index (χ4v) is 2.80. The number of hydrogen-bond donors (Lipinski definition) is 1. The molecule has 120 valence electrons. The monoisotopic (exact) mass is 311 g/mol. The number of ether oxygens (including phenoxy) is 1. The van der Waals surface area contributed by atoms with Gasteiger partial charge in [-0.3, -0.25) is 4.79 Å². The van der Waals surface area contributed by atoms with E-state index in [0.29, 0.717) is 17.0 Å². The van der Waals surface area contributed by atoms with Crippen LogP contribution in [0.3, 0.4) is 0 Å². The minimum atomic E-state index is -0.0198. The molecule has 0 amide bonds. The van der Waals surface area contributed by atoms with Crippen molar-refractivity contribution in [3.8, 4) is 17.3 Å². The van der Waals surface area contributed by atoms with Gasteiger partial charge < -0.3 is 14.3 Å². The molecule has 0 aliphatic heterocycles. The summed E-state index contributed by atoms with van der Waals surface area (Å²) >= 11 is 0. The summed E-state index contributed by atoms with van der Waals surface area (Å²) in [5.74, 6) is 1.85. The molecule has 0 saturated carbocycles. The van der Waals surface area contributed by atoms with E-state index < -0.39 is 0 Å². The molecule has 3 rings (SSSR count). The van der Waals surface area contributed by atoms with Gasteiger partial charge in [0.05, 0.1) is 24.0 Å². The minimum Gasteiger partial charge on any atom is -0.496 e. The van der Waals surface area contributed by atoms with Gasteiger partial charge in [0.1, 0.15) is 5.75 Å². The van der Waals surface area contributed by atoms with Crippen molar-refractivity contribution in [3.05, 3.63) is 45.9 Å². The Morgan fingerprint density at radius 1 is 1.30 bits per heavy atom. The van der Waals surface area contributed by atoms with Crippen molar-refractivity contribution < 1.29 is 4.74 Å². The second-order valence-corrected chi connectivity index (χ2v) is 6.12. The zero-order valence-corrected chi connectivity index (χ0v) is 14.1. The first-order chi connectivity index (χ1) is 10.9. The molecular formula is C18H21N3O2. The van der Waals surface area contributed by atoms with Gasteiger partial charge in [-0.05, 0) is 25.0 Å². The summed E-state index contributed by atoms with van der Waals surface area (Å²) in [5.41, 5.74) is 3.41. The van der Waals surface area contributed by atoms with Crippen LogP contribution in [0.1, 0.15) is 31.0 Å². The highest BCUT2D eigenvalue weighted by Gasteiger charge is 2.14. The van der Waals surface area contributed by atoms with Gasteiger partial charge in [-0.2, -0.15) is 0 Å². The van der Waals surface area contributed by atoms with Gasteiger partial charge >= 0.3 is 0 Å². The first-order valence-electron chi connectivity index (χ1n) is 7.66. The van der Waals surface area contributed by atoms with E-state index in [1.807, 2.05) is 30.8 Å². The van der Waals surface area contributed by atoms with Crippen LogP contribution in [-0.2, 0) is 7.05 Å². The summed E-state index contributed by atoms with van der Waals surface area (Å²) in [4.78, 5) is 20.5. The molecule has 0 atom stereocenters. The number of nitrogens with one attached hydrogen (secondary N) is 1. The predicted molar refractivity (Wildman–Crippen MR) is 92.1 cm³/mol. The Labute approximate surface area is 134 Å². The number of fused-ring (bicyclic) bond motifs is 1. The number of benzene rings is 1. The number of hydrogen-bond acceptors (Lipinski definition) is 3. The van der Waals surface area contributed by atoms with Gasteiger partial charge in [-0.25, -0.2) is 4.98 Å². The van der Waals surface area contributed by atoms with E-state index in [9.17, 15) is 4.79 Å². The molecular weight excluding hydrogens is 290 g/mol. The van der Waals surface area contributed by atoms with Crippen LogP contribution in [0.5, 0.6) is 5.75 Å². The summed E-state index contributed by atoms with van der Waals surface area (Å²) in [6.07, 6.45) is 2.00.